The van der Waals surface area contributed by atoms with Crippen LogP contribution in [0.15, 0.2) is 12.1 Å². The minimum absolute atomic E-state index is 0.631. The van der Waals surface area contributed by atoms with Gasteiger partial charge in [0, 0.05) is 22.8 Å². The van der Waals surface area contributed by atoms with Gasteiger partial charge in [-0.25, -0.2) is 0 Å². The van der Waals surface area contributed by atoms with Gasteiger partial charge in [0.15, 0.2) is 0 Å². The second-order valence-corrected chi connectivity index (χ2v) is 6.51. The summed E-state index contributed by atoms with van der Waals surface area (Å²) in [5.74, 6) is 0.829. The van der Waals surface area contributed by atoms with Crippen LogP contribution in [0.25, 0.3) is 0 Å². The molecule has 15 heavy (non-hydrogen) atoms. The topological polar surface area (TPSA) is 12.0 Å². The molecule has 1 nitrogen and oxygen atoms in total. The Kier molecular flexibility index (Phi) is 3.17. The van der Waals surface area contributed by atoms with Gasteiger partial charge in [-0.05, 0) is 43.2 Å². The fraction of sp³-hybridized carbons (Fsp3) is 0.692. The van der Waals surface area contributed by atoms with Gasteiger partial charge in [0.25, 0.3) is 0 Å². The number of rotatable bonds is 5. The zero-order valence-corrected chi connectivity index (χ0v) is 10.8. The molecule has 1 saturated carbocycles. The molecule has 0 bridgehead atoms. The van der Waals surface area contributed by atoms with Crippen LogP contribution in [-0.2, 0) is 6.54 Å². The molecule has 0 aromatic carbocycles. The summed E-state index contributed by atoms with van der Waals surface area (Å²) in [4.78, 5) is 2.88. The van der Waals surface area contributed by atoms with E-state index in [1.165, 1.54) is 29.1 Å². The van der Waals surface area contributed by atoms with E-state index >= 15 is 0 Å². The van der Waals surface area contributed by atoms with Crippen LogP contribution in [0.4, 0.5) is 0 Å². The number of nitrogens with one attached hydrogen (secondary N) is 1. The molecule has 1 aliphatic carbocycles. The van der Waals surface area contributed by atoms with Gasteiger partial charge in [-0.1, -0.05) is 13.8 Å². The first-order valence-corrected chi connectivity index (χ1v) is 6.70. The molecule has 1 heterocycles. The highest BCUT2D eigenvalue weighted by Crippen LogP contribution is 2.51. The van der Waals surface area contributed by atoms with Crippen LogP contribution in [0.3, 0.4) is 0 Å². The van der Waals surface area contributed by atoms with Crippen molar-refractivity contribution in [2.75, 3.05) is 6.54 Å². The van der Waals surface area contributed by atoms with Gasteiger partial charge in [0.1, 0.15) is 0 Å². The first-order valence-electron chi connectivity index (χ1n) is 5.88. The highest BCUT2D eigenvalue weighted by atomic mass is 32.1. The largest absolute Gasteiger partial charge is 0.311 e. The van der Waals surface area contributed by atoms with Gasteiger partial charge in [0.2, 0.25) is 0 Å². The quantitative estimate of drug-likeness (QED) is 0.804. The molecular formula is C13H21NS. The Morgan fingerprint density at radius 1 is 1.40 bits per heavy atom. The van der Waals surface area contributed by atoms with Crippen LogP contribution < -0.4 is 5.32 Å². The molecule has 1 fully saturated rings. The number of thiophene rings is 1. The Morgan fingerprint density at radius 2 is 2.13 bits per heavy atom. The van der Waals surface area contributed by atoms with E-state index in [4.69, 9.17) is 0 Å². The maximum Gasteiger partial charge on any atom is 0.0300 e. The summed E-state index contributed by atoms with van der Waals surface area (Å²) in [6.07, 6.45) is 2.84. The average Bonchev–Trinajstić information content (AvgIpc) is 2.86. The summed E-state index contributed by atoms with van der Waals surface area (Å²) >= 11 is 1.90. The SMILES string of the molecule is Cc1ccc(CNCC2(C(C)C)CC2)s1. The second-order valence-electron chi connectivity index (χ2n) is 5.13. The Bertz CT molecular complexity index is 323. The van der Waals surface area contributed by atoms with E-state index in [-0.39, 0.29) is 0 Å². The predicted octanol–water partition coefficient (Wildman–Crippen LogP) is 3.58. The Balaban J connectivity index is 1.76. The normalized spacial score (nSPS) is 18.4. The van der Waals surface area contributed by atoms with Gasteiger partial charge in [-0.2, -0.15) is 0 Å². The summed E-state index contributed by atoms with van der Waals surface area (Å²) in [6.45, 7) is 9.12. The van der Waals surface area contributed by atoms with Crippen molar-refractivity contribution in [3.05, 3.63) is 21.9 Å². The van der Waals surface area contributed by atoms with E-state index in [1.54, 1.807) is 0 Å². The van der Waals surface area contributed by atoms with Crippen LogP contribution in [0.5, 0.6) is 0 Å². The molecule has 0 atom stereocenters. The van der Waals surface area contributed by atoms with Crippen molar-refractivity contribution in [1.82, 2.24) is 5.32 Å². The summed E-state index contributed by atoms with van der Waals surface area (Å²) in [6, 6.07) is 4.44. The summed E-state index contributed by atoms with van der Waals surface area (Å²) < 4.78 is 0. The van der Waals surface area contributed by atoms with Crippen LogP contribution in [-0.4, -0.2) is 6.54 Å². The zero-order chi connectivity index (χ0) is 10.9. The minimum atomic E-state index is 0.631. The van der Waals surface area contributed by atoms with Crippen molar-refractivity contribution < 1.29 is 0 Å². The number of aryl methyl sites for hydroxylation is 1. The molecule has 1 aliphatic rings. The van der Waals surface area contributed by atoms with Crippen LogP contribution in [0.2, 0.25) is 0 Å². The molecule has 2 heteroatoms. The molecule has 1 aromatic rings. The maximum absolute atomic E-state index is 3.61. The minimum Gasteiger partial charge on any atom is -0.311 e. The fourth-order valence-corrected chi connectivity index (χ4v) is 2.99. The van der Waals surface area contributed by atoms with Crippen LogP contribution in [0.1, 0.15) is 36.4 Å². The van der Waals surface area contributed by atoms with Gasteiger partial charge in [0.05, 0.1) is 0 Å². The molecule has 0 spiro atoms. The van der Waals surface area contributed by atoms with E-state index < -0.39 is 0 Å². The van der Waals surface area contributed by atoms with E-state index in [0.717, 1.165) is 12.5 Å². The third-order valence-electron chi connectivity index (χ3n) is 3.69. The molecule has 0 amide bonds. The second kappa shape index (κ2) is 4.26. The highest BCUT2D eigenvalue weighted by molar-refractivity contribution is 7.11. The molecule has 0 radical (unpaired) electrons. The molecule has 0 aliphatic heterocycles. The standard InChI is InChI=1S/C13H21NS/c1-10(2)13(6-7-13)9-14-8-12-5-4-11(3)15-12/h4-5,10,14H,6-9H2,1-3H3. The molecular weight excluding hydrogens is 202 g/mol. The van der Waals surface area contributed by atoms with Crippen LogP contribution >= 0.6 is 11.3 Å². The molecule has 0 unspecified atom stereocenters. The van der Waals surface area contributed by atoms with Gasteiger partial charge < -0.3 is 5.32 Å². The lowest BCUT2D eigenvalue weighted by atomic mass is 9.92. The maximum atomic E-state index is 3.61. The third-order valence-corrected chi connectivity index (χ3v) is 4.69. The van der Waals surface area contributed by atoms with Gasteiger partial charge in [-0.15, -0.1) is 11.3 Å². The Labute approximate surface area is 96.9 Å². The summed E-state index contributed by atoms with van der Waals surface area (Å²) in [5.41, 5.74) is 0.631. The van der Waals surface area contributed by atoms with Crippen molar-refractivity contribution in [3.8, 4) is 0 Å². The lowest BCUT2D eigenvalue weighted by Crippen LogP contribution is -2.26. The molecule has 84 valence electrons. The first kappa shape index (κ1) is 11.2. The van der Waals surface area contributed by atoms with Crippen LogP contribution in [0, 0.1) is 18.3 Å². The van der Waals surface area contributed by atoms with Crippen molar-refractivity contribution in [2.24, 2.45) is 11.3 Å². The van der Waals surface area contributed by atoms with E-state index in [9.17, 15) is 0 Å². The first-order chi connectivity index (χ1) is 7.12. The summed E-state index contributed by atoms with van der Waals surface area (Å²) in [5, 5.41) is 3.61. The average molecular weight is 223 g/mol. The van der Waals surface area contributed by atoms with Crippen molar-refractivity contribution in [2.45, 2.75) is 40.2 Å². The van der Waals surface area contributed by atoms with Crippen molar-refractivity contribution in [3.63, 3.8) is 0 Å². The zero-order valence-electron chi connectivity index (χ0n) is 9.97. The number of hydrogen-bond donors (Lipinski definition) is 1. The molecule has 1 N–H and O–H groups in total. The van der Waals surface area contributed by atoms with Gasteiger partial charge >= 0.3 is 0 Å². The monoisotopic (exact) mass is 223 g/mol. The van der Waals surface area contributed by atoms with Gasteiger partial charge in [-0.3, -0.25) is 0 Å². The number of hydrogen-bond acceptors (Lipinski definition) is 2. The molecule has 1 aromatic heterocycles. The lowest BCUT2D eigenvalue weighted by Gasteiger charge is -2.19. The molecule has 2 rings (SSSR count). The highest BCUT2D eigenvalue weighted by Gasteiger charge is 2.44. The third kappa shape index (κ3) is 2.61. The smallest absolute Gasteiger partial charge is 0.0300 e. The van der Waals surface area contributed by atoms with E-state index in [2.05, 4.69) is 38.2 Å². The summed E-state index contributed by atoms with van der Waals surface area (Å²) in [7, 11) is 0. The fourth-order valence-electron chi connectivity index (χ4n) is 2.13. The Hall–Kier alpha value is -0.340. The molecule has 0 saturated heterocycles. The Morgan fingerprint density at radius 3 is 2.60 bits per heavy atom. The predicted molar refractivity (Wildman–Crippen MR) is 67.3 cm³/mol. The van der Waals surface area contributed by atoms with E-state index in [0.29, 0.717) is 5.41 Å². The lowest BCUT2D eigenvalue weighted by molar-refractivity contribution is 0.338. The van der Waals surface area contributed by atoms with E-state index in [1.807, 2.05) is 11.3 Å². The van der Waals surface area contributed by atoms with Crippen molar-refractivity contribution in [1.29, 1.82) is 0 Å². The van der Waals surface area contributed by atoms with Crippen molar-refractivity contribution >= 4 is 11.3 Å².